The van der Waals surface area contributed by atoms with Crippen LogP contribution in [0.1, 0.15) is 15.9 Å². The average Bonchev–Trinajstić information content (AvgIpc) is 2.38. The lowest BCUT2D eigenvalue weighted by Crippen LogP contribution is -1.95. The maximum Gasteiger partial charge on any atom is 0.150 e. The van der Waals surface area contributed by atoms with Crippen molar-refractivity contribution in [2.45, 2.75) is 6.61 Å². The van der Waals surface area contributed by atoms with Gasteiger partial charge in [0.25, 0.3) is 0 Å². The zero-order valence-electron chi connectivity index (χ0n) is 9.10. The van der Waals surface area contributed by atoms with E-state index in [0.29, 0.717) is 22.9 Å². The molecule has 0 aromatic heterocycles. The first-order valence-corrected chi connectivity index (χ1v) is 5.58. The molecule has 3 heteroatoms. The van der Waals surface area contributed by atoms with Gasteiger partial charge < -0.3 is 4.74 Å². The number of hydrogen-bond acceptors (Lipinski definition) is 2. The highest BCUT2D eigenvalue weighted by molar-refractivity contribution is 6.30. The van der Waals surface area contributed by atoms with Gasteiger partial charge in [0.05, 0.1) is 0 Å². The quantitative estimate of drug-likeness (QED) is 0.769. The standard InChI is InChI=1S/C14H11ClO2/c15-13-6-4-11(5-7-13)10-17-14-3-1-2-12(8-14)9-16/h1-9H,10H2. The van der Waals surface area contributed by atoms with Crippen molar-refractivity contribution in [3.05, 3.63) is 64.7 Å². The van der Waals surface area contributed by atoms with E-state index in [1.165, 1.54) is 0 Å². The number of carbonyl (C=O) groups excluding carboxylic acids is 1. The number of carbonyl (C=O) groups is 1. The predicted molar refractivity (Wildman–Crippen MR) is 67.6 cm³/mol. The topological polar surface area (TPSA) is 26.3 Å². The Hall–Kier alpha value is -1.80. The Labute approximate surface area is 105 Å². The number of rotatable bonds is 4. The van der Waals surface area contributed by atoms with Crippen LogP contribution < -0.4 is 4.74 Å². The molecule has 0 aliphatic carbocycles. The highest BCUT2D eigenvalue weighted by atomic mass is 35.5. The Morgan fingerprint density at radius 1 is 1.12 bits per heavy atom. The average molecular weight is 247 g/mol. The van der Waals surface area contributed by atoms with Gasteiger partial charge in [-0.1, -0.05) is 35.9 Å². The minimum atomic E-state index is 0.458. The van der Waals surface area contributed by atoms with Gasteiger partial charge >= 0.3 is 0 Å². The number of ether oxygens (including phenoxy) is 1. The summed E-state index contributed by atoms with van der Waals surface area (Å²) < 4.78 is 5.57. The highest BCUT2D eigenvalue weighted by Crippen LogP contribution is 2.15. The van der Waals surface area contributed by atoms with Gasteiger partial charge in [0, 0.05) is 10.6 Å². The van der Waals surface area contributed by atoms with E-state index in [9.17, 15) is 4.79 Å². The second-order valence-corrected chi connectivity index (χ2v) is 4.04. The van der Waals surface area contributed by atoms with Crippen LogP contribution in [0.5, 0.6) is 5.75 Å². The number of benzene rings is 2. The van der Waals surface area contributed by atoms with E-state index < -0.39 is 0 Å². The normalized spacial score (nSPS) is 9.94. The zero-order chi connectivity index (χ0) is 12.1. The molecular formula is C14H11ClO2. The van der Waals surface area contributed by atoms with Crippen molar-refractivity contribution in [1.82, 2.24) is 0 Å². The first-order valence-electron chi connectivity index (χ1n) is 5.20. The van der Waals surface area contributed by atoms with Gasteiger partial charge in [-0.3, -0.25) is 4.79 Å². The van der Waals surface area contributed by atoms with Crippen molar-refractivity contribution in [2.75, 3.05) is 0 Å². The van der Waals surface area contributed by atoms with Crippen molar-refractivity contribution < 1.29 is 9.53 Å². The van der Waals surface area contributed by atoms with Gasteiger partial charge in [0.1, 0.15) is 18.6 Å². The summed E-state index contributed by atoms with van der Waals surface area (Å²) in [6, 6.07) is 14.5. The molecule has 0 N–H and O–H groups in total. The molecule has 2 rings (SSSR count). The van der Waals surface area contributed by atoms with Gasteiger partial charge in [0.15, 0.2) is 0 Å². The third-order valence-electron chi connectivity index (χ3n) is 2.31. The van der Waals surface area contributed by atoms with Crippen LogP contribution in [0.25, 0.3) is 0 Å². The fourth-order valence-corrected chi connectivity index (χ4v) is 1.55. The molecule has 0 fully saturated rings. The maximum absolute atomic E-state index is 10.6. The predicted octanol–water partition coefficient (Wildman–Crippen LogP) is 3.73. The Bertz CT molecular complexity index is 506. The fraction of sp³-hybridized carbons (Fsp3) is 0.0714. The molecule has 0 radical (unpaired) electrons. The second-order valence-electron chi connectivity index (χ2n) is 3.61. The monoisotopic (exact) mass is 246 g/mol. The van der Waals surface area contributed by atoms with E-state index in [4.69, 9.17) is 16.3 Å². The summed E-state index contributed by atoms with van der Waals surface area (Å²) in [6.07, 6.45) is 0.801. The summed E-state index contributed by atoms with van der Waals surface area (Å²) in [7, 11) is 0. The second kappa shape index (κ2) is 5.51. The van der Waals surface area contributed by atoms with E-state index in [1.54, 1.807) is 18.2 Å². The molecule has 0 saturated carbocycles. The summed E-state index contributed by atoms with van der Waals surface area (Å²) in [5.41, 5.74) is 1.64. The molecule has 0 unspecified atom stereocenters. The molecule has 17 heavy (non-hydrogen) atoms. The van der Waals surface area contributed by atoms with Crippen LogP contribution in [0.2, 0.25) is 5.02 Å². The van der Waals surface area contributed by atoms with E-state index in [1.807, 2.05) is 30.3 Å². The summed E-state index contributed by atoms with van der Waals surface area (Å²) in [4.78, 5) is 10.6. The van der Waals surface area contributed by atoms with E-state index in [-0.39, 0.29) is 0 Å². The minimum Gasteiger partial charge on any atom is -0.489 e. The summed E-state index contributed by atoms with van der Waals surface area (Å²) in [6.45, 7) is 0.458. The summed E-state index contributed by atoms with van der Waals surface area (Å²) in [5, 5.41) is 0.705. The maximum atomic E-state index is 10.6. The van der Waals surface area contributed by atoms with Crippen LogP contribution in [-0.2, 0) is 6.61 Å². The van der Waals surface area contributed by atoms with E-state index in [2.05, 4.69) is 0 Å². The Balaban J connectivity index is 2.01. The molecule has 0 spiro atoms. The molecule has 0 heterocycles. The third kappa shape index (κ3) is 3.33. The molecule has 0 aliphatic rings. The fourth-order valence-electron chi connectivity index (χ4n) is 1.42. The summed E-state index contributed by atoms with van der Waals surface area (Å²) >= 11 is 5.79. The Kier molecular flexibility index (Phi) is 3.78. The van der Waals surface area contributed by atoms with Crippen LogP contribution in [0.4, 0.5) is 0 Å². The first-order chi connectivity index (χ1) is 8.28. The number of aldehydes is 1. The van der Waals surface area contributed by atoms with E-state index >= 15 is 0 Å². The zero-order valence-corrected chi connectivity index (χ0v) is 9.85. The smallest absolute Gasteiger partial charge is 0.150 e. The van der Waals surface area contributed by atoms with Gasteiger partial charge in [-0.25, -0.2) is 0 Å². The Morgan fingerprint density at radius 2 is 1.88 bits per heavy atom. The molecule has 0 bridgehead atoms. The molecule has 2 nitrogen and oxygen atoms in total. The van der Waals surface area contributed by atoms with Crippen molar-refractivity contribution in [1.29, 1.82) is 0 Å². The molecule has 2 aromatic rings. The van der Waals surface area contributed by atoms with Crippen LogP contribution in [0.3, 0.4) is 0 Å². The Morgan fingerprint density at radius 3 is 2.59 bits per heavy atom. The number of halogens is 1. The molecule has 86 valence electrons. The molecule has 2 aromatic carbocycles. The largest absolute Gasteiger partial charge is 0.489 e. The molecule has 0 saturated heterocycles. The highest BCUT2D eigenvalue weighted by Gasteiger charge is 1.97. The van der Waals surface area contributed by atoms with E-state index in [0.717, 1.165) is 11.8 Å². The van der Waals surface area contributed by atoms with Crippen LogP contribution in [-0.4, -0.2) is 6.29 Å². The van der Waals surface area contributed by atoms with Gasteiger partial charge in [-0.05, 0) is 29.8 Å². The minimum absolute atomic E-state index is 0.458. The van der Waals surface area contributed by atoms with Crippen molar-refractivity contribution in [3.63, 3.8) is 0 Å². The summed E-state index contributed by atoms with van der Waals surface area (Å²) in [5.74, 6) is 0.685. The van der Waals surface area contributed by atoms with Crippen molar-refractivity contribution in [3.8, 4) is 5.75 Å². The molecule has 0 atom stereocenters. The van der Waals surface area contributed by atoms with Gasteiger partial charge in [-0.15, -0.1) is 0 Å². The van der Waals surface area contributed by atoms with Crippen LogP contribution in [0.15, 0.2) is 48.5 Å². The third-order valence-corrected chi connectivity index (χ3v) is 2.56. The number of hydrogen-bond donors (Lipinski definition) is 0. The van der Waals surface area contributed by atoms with Crippen molar-refractivity contribution in [2.24, 2.45) is 0 Å². The van der Waals surface area contributed by atoms with Crippen LogP contribution in [0, 0.1) is 0 Å². The molecule has 0 amide bonds. The molecular weight excluding hydrogens is 236 g/mol. The lowest BCUT2D eigenvalue weighted by molar-refractivity contribution is 0.112. The lowest BCUT2D eigenvalue weighted by Gasteiger charge is -2.06. The van der Waals surface area contributed by atoms with Gasteiger partial charge in [-0.2, -0.15) is 0 Å². The SMILES string of the molecule is O=Cc1cccc(OCc2ccc(Cl)cc2)c1. The first kappa shape index (κ1) is 11.7. The molecule has 0 aliphatic heterocycles. The van der Waals surface area contributed by atoms with Crippen LogP contribution >= 0.6 is 11.6 Å². The lowest BCUT2D eigenvalue weighted by atomic mass is 10.2. The van der Waals surface area contributed by atoms with Crippen molar-refractivity contribution >= 4 is 17.9 Å². The van der Waals surface area contributed by atoms with Gasteiger partial charge in [0.2, 0.25) is 0 Å².